The van der Waals surface area contributed by atoms with Crippen LogP contribution in [0.2, 0.25) is 0 Å². The molecule has 1 amide bonds. The Balaban J connectivity index is 3.01. The van der Waals surface area contributed by atoms with Crippen LogP contribution in [-0.2, 0) is 16.0 Å². The summed E-state index contributed by atoms with van der Waals surface area (Å²) in [4.78, 5) is 22.2. The lowest BCUT2D eigenvalue weighted by molar-refractivity contribution is -0.133. The summed E-state index contributed by atoms with van der Waals surface area (Å²) in [5.41, 5.74) is 0. The van der Waals surface area contributed by atoms with Crippen LogP contribution in [0.3, 0.4) is 0 Å². The van der Waals surface area contributed by atoms with Gasteiger partial charge in [-0.1, -0.05) is 18.7 Å². The third-order valence-electron chi connectivity index (χ3n) is 2.39. The number of aryl methyl sites for hydroxylation is 1. The molecule has 0 bridgehead atoms. The Morgan fingerprint density at radius 2 is 2.17 bits per heavy atom. The van der Waals surface area contributed by atoms with Crippen molar-refractivity contribution in [3.63, 3.8) is 0 Å². The molecular weight excluding hydrogens is 256 g/mol. The number of nitrogens with one attached hydrogen (secondary N) is 1. The zero-order valence-corrected chi connectivity index (χ0v) is 11.3. The van der Waals surface area contributed by atoms with Crippen molar-refractivity contribution in [2.45, 2.75) is 31.5 Å². The van der Waals surface area contributed by atoms with Gasteiger partial charge in [-0.15, -0.1) is 10.2 Å². The molecule has 7 nitrogen and oxygen atoms in total. The Morgan fingerprint density at radius 1 is 1.50 bits per heavy atom. The van der Waals surface area contributed by atoms with Gasteiger partial charge in [-0.05, 0) is 6.92 Å². The van der Waals surface area contributed by atoms with Crippen molar-refractivity contribution in [3.8, 4) is 0 Å². The second kappa shape index (κ2) is 6.39. The highest BCUT2D eigenvalue weighted by Crippen LogP contribution is 2.22. The molecule has 1 aromatic heterocycles. The predicted molar refractivity (Wildman–Crippen MR) is 66.5 cm³/mol. The molecular formula is C10H16N4O3S. The second-order valence-electron chi connectivity index (χ2n) is 3.59. The van der Waals surface area contributed by atoms with Gasteiger partial charge in [0.15, 0.2) is 5.16 Å². The van der Waals surface area contributed by atoms with Gasteiger partial charge in [0.25, 0.3) is 0 Å². The normalized spacial score (nSPS) is 12.2. The molecule has 8 heteroatoms. The Labute approximate surface area is 109 Å². The fraction of sp³-hybridized carbons (Fsp3) is 0.600. The number of rotatable bonds is 6. The van der Waals surface area contributed by atoms with Gasteiger partial charge in [0.1, 0.15) is 11.9 Å². The van der Waals surface area contributed by atoms with E-state index < -0.39 is 12.0 Å². The molecule has 18 heavy (non-hydrogen) atoms. The Kier molecular flexibility index (Phi) is 5.14. The number of hydrogen-bond acceptors (Lipinski definition) is 5. The first-order chi connectivity index (χ1) is 8.51. The van der Waals surface area contributed by atoms with Gasteiger partial charge in [0.2, 0.25) is 5.91 Å². The van der Waals surface area contributed by atoms with E-state index >= 15 is 0 Å². The minimum absolute atomic E-state index is 0.109. The molecule has 1 rings (SSSR count). The molecule has 0 aliphatic carbocycles. The maximum absolute atomic E-state index is 11.7. The van der Waals surface area contributed by atoms with Crippen LogP contribution in [0.1, 0.15) is 25.7 Å². The summed E-state index contributed by atoms with van der Waals surface area (Å²) in [7, 11) is 1.55. The monoisotopic (exact) mass is 272 g/mol. The second-order valence-corrected chi connectivity index (χ2v) is 4.54. The standard InChI is InChI=1S/C10H16N4O3S/c1-4-7-12-13-10(18-5-8(15)16)14(7)6(2)9(17)11-3/h6H,4-5H2,1-3H3,(H,11,17)(H,15,16). The SMILES string of the molecule is CCc1nnc(SCC(=O)O)n1C(C)C(=O)NC. The van der Waals surface area contributed by atoms with E-state index in [4.69, 9.17) is 5.11 Å². The van der Waals surface area contributed by atoms with Crippen LogP contribution in [0.15, 0.2) is 5.16 Å². The van der Waals surface area contributed by atoms with Crippen molar-refractivity contribution < 1.29 is 14.7 Å². The highest BCUT2D eigenvalue weighted by molar-refractivity contribution is 7.99. The van der Waals surface area contributed by atoms with Crippen molar-refractivity contribution in [2.75, 3.05) is 12.8 Å². The van der Waals surface area contributed by atoms with Crippen molar-refractivity contribution in [1.82, 2.24) is 20.1 Å². The lowest BCUT2D eigenvalue weighted by Crippen LogP contribution is -2.29. The van der Waals surface area contributed by atoms with E-state index in [0.717, 1.165) is 11.8 Å². The first-order valence-corrected chi connectivity index (χ1v) is 6.49. The first-order valence-electron chi connectivity index (χ1n) is 5.51. The number of thioether (sulfide) groups is 1. The van der Waals surface area contributed by atoms with E-state index in [9.17, 15) is 9.59 Å². The molecule has 0 spiro atoms. The van der Waals surface area contributed by atoms with Gasteiger partial charge in [-0.25, -0.2) is 0 Å². The molecule has 1 unspecified atom stereocenters. The van der Waals surface area contributed by atoms with Gasteiger partial charge >= 0.3 is 5.97 Å². The third kappa shape index (κ3) is 3.22. The number of carboxylic acid groups (broad SMARTS) is 1. The number of aromatic nitrogens is 3. The summed E-state index contributed by atoms with van der Waals surface area (Å²) in [6.45, 7) is 3.63. The molecule has 0 aliphatic rings. The molecule has 0 fully saturated rings. The number of carboxylic acids is 1. The van der Waals surface area contributed by atoms with E-state index in [1.807, 2.05) is 6.92 Å². The van der Waals surface area contributed by atoms with Crippen LogP contribution in [0.25, 0.3) is 0 Å². The first kappa shape index (κ1) is 14.5. The van der Waals surface area contributed by atoms with Crippen molar-refractivity contribution in [2.24, 2.45) is 0 Å². The third-order valence-corrected chi connectivity index (χ3v) is 3.32. The van der Waals surface area contributed by atoms with Gasteiger partial charge in [-0.2, -0.15) is 0 Å². The Bertz CT molecular complexity index is 446. The molecule has 1 aromatic rings. The highest BCUT2D eigenvalue weighted by Gasteiger charge is 2.22. The lowest BCUT2D eigenvalue weighted by Gasteiger charge is -2.15. The molecule has 0 saturated carbocycles. The van der Waals surface area contributed by atoms with Crippen LogP contribution in [0.5, 0.6) is 0 Å². The summed E-state index contributed by atoms with van der Waals surface area (Å²) in [6.07, 6.45) is 0.627. The lowest BCUT2D eigenvalue weighted by atomic mass is 10.3. The van der Waals surface area contributed by atoms with Gasteiger partial charge in [0.05, 0.1) is 5.75 Å². The summed E-state index contributed by atoms with van der Waals surface area (Å²) in [6, 6.07) is -0.462. The number of nitrogens with zero attached hydrogens (tertiary/aromatic N) is 3. The molecule has 100 valence electrons. The number of aliphatic carboxylic acids is 1. The number of carbonyl (C=O) groups is 2. The zero-order valence-electron chi connectivity index (χ0n) is 10.5. The molecule has 2 N–H and O–H groups in total. The summed E-state index contributed by atoms with van der Waals surface area (Å²) < 4.78 is 1.67. The molecule has 0 aliphatic heterocycles. The number of likely N-dealkylation sites (N-methyl/N-ethyl adjacent to an activating group) is 1. The quantitative estimate of drug-likeness (QED) is 0.724. The van der Waals surface area contributed by atoms with Gasteiger partial charge in [0, 0.05) is 13.5 Å². The minimum Gasteiger partial charge on any atom is -0.481 e. The average molecular weight is 272 g/mol. The van der Waals surface area contributed by atoms with Crippen LogP contribution >= 0.6 is 11.8 Å². The fourth-order valence-corrected chi connectivity index (χ4v) is 2.24. The van der Waals surface area contributed by atoms with E-state index in [1.165, 1.54) is 0 Å². The van der Waals surface area contributed by atoms with Crippen LogP contribution in [0.4, 0.5) is 0 Å². The van der Waals surface area contributed by atoms with E-state index in [-0.39, 0.29) is 11.7 Å². The van der Waals surface area contributed by atoms with E-state index in [1.54, 1.807) is 18.5 Å². The fourth-order valence-electron chi connectivity index (χ4n) is 1.49. The Hall–Kier alpha value is -1.57. The molecule has 1 atom stereocenters. The highest BCUT2D eigenvalue weighted by atomic mass is 32.2. The Morgan fingerprint density at radius 3 is 2.67 bits per heavy atom. The maximum atomic E-state index is 11.7. The topological polar surface area (TPSA) is 97.1 Å². The van der Waals surface area contributed by atoms with E-state index in [2.05, 4.69) is 15.5 Å². The van der Waals surface area contributed by atoms with Crippen molar-refractivity contribution in [3.05, 3.63) is 5.82 Å². The number of carbonyl (C=O) groups excluding carboxylic acids is 1. The van der Waals surface area contributed by atoms with Crippen LogP contribution in [0, 0.1) is 0 Å². The maximum Gasteiger partial charge on any atom is 0.313 e. The zero-order chi connectivity index (χ0) is 13.7. The van der Waals surface area contributed by atoms with Crippen molar-refractivity contribution >= 4 is 23.6 Å². The van der Waals surface area contributed by atoms with E-state index in [0.29, 0.717) is 17.4 Å². The average Bonchev–Trinajstić information content (AvgIpc) is 2.77. The van der Waals surface area contributed by atoms with Gasteiger partial charge in [-0.3, -0.25) is 14.2 Å². The summed E-state index contributed by atoms with van der Waals surface area (Å²) in [5.74, 6) is -0.539. The smallest absolute Gasteiger partial charge is 0.313 e. The number of amides is 1. The van der Waals surface area contributed by atoms with Gasteiger partial charge < -0.3 is 10.4 Å². The summed E-state index contributed by atoms with van der Waals surface area (Å²) in [5, 5.41) is 19.6. The minimum atomic E-state index is -0.930. The molecule has 1 heterocycles. The molecule has 0 saturated heterocycles. The van der Waals surface area contributed by atoms with Crippen molar-refractivity contribution in [1.29, 1.82) is 0 Å². The number of hydrogen-bond donors (Lipinski definition) is 2. The molecule has 0 radical (unpaired) electrons. The predicted octanol–water partition coefficient (Wildman–Crippen LogP) is 0.324. The van der Waals surface area contributed by atoms with Crippen LogP contribution < -0.4 is 5.32 Å². The molecule has 0 aromatic carbocycles. The van der Waals surface area contributed by atoms with Crippen LogP contribution in [-0.4, -0.2) is 44.5 Å². The largest absolute Gasteiger partial charge is 0.481 e. The summed E-state index contributed by atoms with van der Waals surface area (Å²) >= 11 is 1.06.